The van der Waals surface area contributed by atoms with Crippen molar-refractivity contribution in [2.24, 2.45) is 0 Å². The summed E-state index contributed by atoms with van der Waals surface area (Å²) in [5.41, 5.74) is 1.30. The Hall–Kier alpha value is -2.86. The summed E-state index contributed by atoms with van der Waals surface area (Å²) in [5.74, 6) is -2.42. The molecular weight excluding hydrogens is 326 g/mol. The lowest BCUT2D eigenvalue weighted by atomic mass is 10.0. The number of halogens is 2. The second-order valence-corrected chi connectivity index (χ2v) is 5.76. The van der Waals surface area contributed by atoms with Crippen molar-refractivity contribution in [3.05, 3.63) is 77.5 Å². The Morgan fingerprint density at radius 3 is 2.68 bits per heavy atom. The number of carbonyl (C=O) groups is 1. The molecule has 0 aliphatic carbocycles. The van der Waals surface area contributed by atoms with Crippen molar-refractivity contribution in [2.45, 2.75) is 19.1 Å². The lowest BCUT2D eigenvalue weighted by Crippen LogP contribution is -2.37. The normalized spacial score (nSPS) is 13.4. The lowest BCUT2D eigenvalue weighted by molar-refractivity contribution is 0.0853. The van der Waals surface area contributed by atoms with Crippen LogP contribution in [0.4, 0.5) is 8.78 Å². The largest absolute Gasteiger partial charge is 0.386 e. The zero-order valence-electron chi connectivity index (χ0n) is 13.4. The molecule has 2 atom stereocenters. The van der Waals surface area contributed by atoms with Gasteiger partial charge in [-0.25, -0.2) is 8.78 Å². The van der Waals surface area contributed by atoms with Gasteiger partial charge in [-0.1, -0.05) is 18.2 Å². The molecule has 1 aromatic heterocycles. The Balaban J connectivity index is 1.80. The predicted octanol–water partition coefficient (Wildman–Crippen LogP) is 3.36. The molecule has 128 valence electrons. The SMILES string of the molecule is CC(NC(=O)c1cccc2ncccc12)C(O)c1ccc(F)c(F)c1. The van der Waals surface area contributed by atoms with Gasteiger partial charge in [0.1, 0.15) is 0 Å². The molecular formula is C19H16F2N2O2. The number of aromatic nitrogens is 1. The van der Waals surface area contributed by atoms with Gasteiger partial charge in [0.15, 0.2) is 11.6 Å². The van der Waals surface area contributed by atoms with Crippen LogP contribution in [0.2, 0.25) is 0 Å². The van der Waals surface area contributed by atoms with Crippen molar-refractivity contribution in [3.63, 3.8) is 0 Å². The van der Waals surface area contributed by atoms with Crippen LogP contribution in [0, 0.1) is 11.6 Å². The van der Waals surface area contributed by atoms with Crippen molar-refractivity contribution in [2.75, 3.05) is 0 Å². The van der Waals surface area contributed by atoms with Gasteiger partial charge >= 0.3 is 0 Å². The van der Waals surface area contributed by atoms with Crippen molar-refractivity contribution in [1.82, 2.24) is 10.3 Å². The first kappa shape index (κ1) is 17.0. The minimum atomic E-state index is -1.17. The van der Waals surface area contributed by atoms with Crippen molar-refractivity contribution < 1.29 is 18.7 Å². The molecule has 0 fully saturated rings. The van der Waals surface area contributed by atoms with Gasteiger partial charge < -0.3 is 10.4 Å². The van der Waals surface area contributed by atoms with E-state index in [0.29, 0.717) is 16.5 Å². The van der Waals surface area contributed by atoms with E-state index in [4.69, 9.17) is 0 Å². The van der Waals surface area contributed by atoms with Crippen LogP contribution in [0.15, 0.2) is 54.7 Å². The fourth-order valence-electron chi connectivity index (χ4n) is 2.65. The second-order valence-electron chi connectivity index (χ2n) is 5.76. The molecule has 0 radical (unpaired) electrons. The third-order valence-corrected chi connectivity index (χ3v) is 4.01. The molecule has 0 spiro atoms. The summed E-state index contributed by atoms with van der Waals surface area (Å²) in [7, 11) is 0. The molecule has 25 heavy (non-hydrogen) atoms. The summed E-state index contributed by atoms with van der Waals surface area (Å²) in [6.07, 6.45) is 0.464. The standard InChI is InChI=1S/C19H16F2N2O2/c1-11(18(24)12-7-8-15(20)16(21)10-12)23-19(25)14-4-2-6-17-13(14)5-3-9-22-17/h2-11,18,24H,1H3,(H,23,25). The number of carbonyl (C=O) groups excluding carboxylic acids is 1. The molecule has 2 unspecified atom stereocenters. The Labute approximate surface area is 143 Å². The van der Waals surface area contributed by atoms with Gasteiger partial charge in [0.25, 0.3) is 5.91 Å². The molecule has 0 aliphatic rings. The monoisotopic (exact) mass is 342 g/mol. The third kappa shape index (κ3) is 3.49. The van der Waals surface area contributed by atoms with Crippen LogP contribution in [0.3, 0.4) is 0 Å². The highest BCUT2D eigenvalue weighted by Gasteiger charge is 2.21. The van der Waals surface area contributed by atoms with Crippen molar-refractivity contribution in [1.29, 1.82) is 0 Å². The van der Waals surface area contributed by atoms with E-state index in [1.165, 1.54) is 6.07 Å². The molecule has 0 aliphatic heterocycles. The van der Waals surface area contributed by atoms with E-state index >= 15 is 0 Å². The zero-order chi connectivity index (χ0) is 18.0. The fraction of sp³-hybridized carbons (Fsp3) is 0.158. The summed E-state index contributed by atoms with van der Waals surface area (Å²) < 4.78 is 26.3. The molecule has 0 bridgehead atoms. The molecule has 1 heterocycles. The summed E-state index contributed by atoms with van der Waals surface area (Å²) in [5, 5.41) is 13.7. The van der Waals surface area contributed by atoms with Gasteiger partial charge in [-0.2, -0.15) is 0 Å². The topological polar surface area (TPSA) is 62.2 Å². The minimum Gasteiger partial charge on any atom is -0.386 e. The van der Waals surface area contributed by atoms with Crippen LogP contribution in [-0.2, 0) is 0 Å². The maximum atomic E-state index is 13.3. The van der Waals surface area contributed by atoms with Crippen molar-refractivity contribution in [3.8, 4) is 0 Å². The van der Waals surface area contributed by atoms with Crippen LogP contribution >= 0.6 is 0 Å². The number of hydrogen-bond donors (Lipinski definition) is 2. The highest BCUT2D eigenvalue weighted by atomic mass is 19.2. The van der Waals surface area contributed by atoms with Crippen molar-refractivity contribution >= 4 is 16.8 Å². The number of nitrogens with one attached hydrogen (secondary N) is 1. The first-order chi connectivity index (χ1) is 12.0. The van der Waals surface area contributed by atoms with E-state index in [2.05, 4.69) is 10.3 Å². The zero-order valence-corrected chi connectivity index (χ0v) is 13.4. The number of nitrogens with zero attached hydrogens (tertiary/aromatic N) is 1. The molecule has 1 amide bonds. The molecule has 0 saturated carbocycles. The molecule has 6 heteroatoms. The first-order valence-corrected chi connectivity index (χ1v) is 7.75. The maximum Gasteiger partial charge on any atom is 0.252 e. The van der Waals surface area contributed by atoms with Gasteiger partial charge in [-0.15, -0.1) is 0 Å². The number of fused-ring (bicyclic) bond motifs is 1. The van der Waals surface area contributed by atoms with Crippen LogP contribution in [-0.4, -0.2) is 22.0 Å². The summed E-state index contributed by atoms with van der Waals surface area (Å²) >= 11 is 0. The molecule has 0 saturated heterocycles. The van der Waals surface area contributed by atoms with Gasteiger partial charge in [0.05, 0.1) is 17.7 Å². The molecule has 2 N–H and O–H groups in total. The van der Waals surface area contributed by atoms with E-state index < -0.39 is 23.8 Å². The van der Waals surface area contributed by atoms with Gasteiger partial charge in [0.2, 0.25) is 0 Å². The van der Waals surface area contributed by atoms with Gasteiger partial charge in [0, 0.05) is 17.1 Å². The average molecular weight is 342 g/mol. The maximum absolute atomic E-state index is 13.3. The lowest BCUT2D eigenvalue weighted by Gasteiger charge is -2.21. The quantitative estimate of drug-likeness (QED) is 0.764. The highest BCUT2D eigenvalue weighted by Crippen LogP contribution is 2.21. The molecule has 3 aromatic rings. The van der Waals surface area contributed by atoms with Crippen LogP contribution in [0.1, 0.15) is 28.9 Å². The third-order valence-electron chi connectivity index (χ3n) is 4.01. The van der Waals surface area contributed by atoms with E-state index in [9.17, 15) is 18.7 Å². The summed E-state index contributed by atoms with van der Waals surface area (Å²) in [6, 6.07) is 11.1. The van der Waals surface area contributed by atoms with E-state index in [-0.39, 0.29) is 11.5 Å². The Kier molecular flexibility index (Phi) is 4.72. The molecule has 2 aromatic carbocycles. The second kappa shape index (κ2) is 6.94. The molecule has 3 rings (SSSR count). The van der Waals surface area contributed by atoms with E-state index in [1.54, 1.807) is 43.5 Å². The van der Waals surface area contributed by atoms with E-state index in [0.717, 1.165) is 12.1 Å². The fourth-order valence-corrected chi connectivity index (χ4v) is 2.65. The Bertz CT molecular complexity index is 925. The van der Waals surface area contributed by atoms with Crippen LogP contribution in [0.25, 0.3) is 10.9 Å². The smallest absolute Gasteiger partial charge is 0.252 e. The average Bonchev–Trinajstić information content (AvgIpc) is 2.62. The van der Waals surface area contributed by atoms with Crippen LogP contribution in [0.5, 0.6) is 0 Å². The number of pyridine rings is 1. The number of aliphatic hydroxyl groups is 1. The molecule has 4 nitrogen and oxygen atoms in total. The number of hydrogen-bond acceptors (Lipinski definition) is 3. The van der Waals surface area contributed by atoms with E-state index in [1.807, 2.05) is 0 Å². The summed E-state index contributed by atoms with van der Waals surface area (Å²) in [6.45, 7) is 1.59. The van der Waals surface area contributed by atoms with Crippen LogP contribution < -0.4 is 5.32 Å². The first-order valence-electron chi connectivity index (χ1n) is 7.75. The number of amides is 1. The Morgan fingerprint density at radius 1 is 1.12 bits per heavy atom. The highest BCUT2D eigenvalue weighted by molar-refractivity contribution is 6.06. The minimum absolute atomic E-state index is 0.186. The number of rotatable bonds is 4. The predicted molar refractivity (Wildman–Crippen MR) is 90.0 cm³/mol. The summed E-state index contributed by atoms with van der Waals surface area (Å²) in [4.78, 5) is 16.7. The number of benzene rings is 2. The Morgan fingerprint density at radius 2 is 1.92 bits per heavy atom. The van der Waals surface area contributed by atoms with Gasteiger partial charge in [-0.05, 0) is 42.8 Å². The van der Waals surface area contributed by atoms with Gasteiger partial charge in [-0.3, -0.25) is 9.78 Å². The number of aliphatic hydroxyl groups excluding tert-OH is 1.